The van der Waals surface area contributed by atoms with Gasteiger partial charge in [-0.2, -0.15) is 10.2 Å². The van der Waals surface area contributed by atoms with Crippen molar-refractivity contribution in [1.82, 2.24) is 10.4 Å². The number of nitrogens with one attached hydrogen (secondary N) is 2. The van der Waals surface area contributed by atoms with Crippen molar-refractivity contribution in [2.24, 2.45) is 10.2 Å². The van der Waals surface area contributed by atoms with Crippen LogP contribution in [0, 0.1) is 0 Å². The van der Waals surface area contributed by atoms with Crippen molar-refractivity contribution in [3.63, 3.8) is 0 Å². The van der Waals surface area contributed by atoms with Gasteiger partial charge < -0.3 is 10.4 Å². The molecule has 0 aromatic heterocycles. The van der Waals surface area contributed by atoms with E-state index in [9.17, 15) is 19.5 Å². The van der Waals surface area contributed by atoms with Crippen LogP contribution in [0.4, 0.5) is 17.1 Å². The Morgan fingerprint density at radius 2 is 1.47 bits per heavy atom. The second kappa shape index (κ2) is 10.9. The van der Waals surface area contributed by atoms with Gasteiger partial charge in [0.1, 0.15) is 23.6 Å². The first-order valence-electron chi connectivity index (χ1n) is 10.5. The number of rotatable bonds is 7. The molecule has 36 heavy (non-hydrogen) atoms. The zero-order valence-corrected chi connectivity index (χ0v) is 20.6. The van der Waals surface area contributed by atoms with Crippen LogP contribution in [-0.2, 0) is 14.4 Å². The molecule has 0 saturated carbocycles. The van der Waals surface area contributed by atoms with Gasteiger partial charge >= 0.3 is 0 Å². The zero-order valence-electron chi connectivity index (χ0n) is 18.4. The lowest BCUT2D eigenvalue weighted by atomic mass is 9.94. The van der Waals surface area contributed by atoms with E-state index in [4.69, 9.17) is 34.8 Å². The average molecular weight is 547 g/mol. The van der Waals surface area contributed by atoms with Crippen molar-refractivity contribution in [3.05, 3.63) is 82.3 Å². The SMILES string of the molecule is O=C(CC(=O)NN1C(=O)C(Cl)C1c1cc(N=Nc2ccc(Cl)cc2)ccc1O)Nc1ccc(Cl)cc1. The van der Waals surface area contributed by atoms with Gasteiger partial charge in [-0.1, -0.05) is 23.2 Å². The highest BCUT2D eigenvalue weighted by molar-refractivity contribution is 6.33. The molecule has 2 atom stereocenters. The summed E-state index contributed by atoms with van der Waals surface area (Å²) in [6.45, 7) is 0. The maximum atomic E-state index is 12.4. The van der Waals surface area contributed by atoms with Gasteiger partial charge in [-0.05, 0) is 66.7 Å². The lowest BCUT2D eigenvalue weighted by Crippen LogP contribution is -2.63. The number of amides is 3. The van der Waals surface area contributed by atoms with Gasteiger partial charge in [0.25, 0.3) is 5.91 Å². The highest BCUT2D eigenvalue weighted by Gasteiger charge is 2.49. The molecule has 1 fully saturated rings. The average Bonchev–Trinajstić information content (AvgIpc) is 2.86. The number of alkyl halides is 1. The molecule has 4 rings (SSSR count). The summed E-state index contributed by atoms with van der Waals surface area (Å²) in [5, 5.41) is 22.2. The Morgan fingerprint density at radius 3 is 2.14 bits per heavy atom. The molecule has 1 aliphatic heterocycles. The summed E-state index contributed by atoms with van der Waals surface area (Å²) in [7, 11) is 0. The Labute approximate surface area is 220 Å². The lowest BCUT2D eigenvalue weighted by Gasteiger charge is -2.44. The smallest absolute Gasteiger partial charge is 0.262 e. The summed E-state index contributed by atoms with van der Waals surface area (Å²) >= 11 is 17.9. The fourth-order valence-corrected chi connectivity index (χ4v) is 4.00. The van der Waals surface area contributed by atoms with Crippen molar-refractivity contribution in [2.75, 3.05) is 5.32 Å². The first-order chi connectivity index (χ1) is 17.2. The van der Waals surface area contributed by atoms with Crippen LogP contribution >= 0.6 is 34.8 Å². The van der Waals surface area contributed by atoms with Crippen molar-refractivity contribution >= 4 is 69.6 Å². The fourth-order valence-electron chi connectivity index (χ4n) is 3.40. The number of hydrazine groups is 1. The second-order valence-corrected chi connectivity index (χ2v) is 9.08. The van der Waals surface area contributed by atoms with E-state index in [0.29, 0.717) is 27.1 Å². The third-order valence-corrected chi connectivity index (χ3v) is 6.09. The van der Waals surface area contributed by atoms with Crippen molar-refractivity contribution in [3.8, 4) is 5.75 Å². The summed E-state index contributed by atoms with van der Waals surface area (Å²) in [6, 6.07) is 16.6. The van der Waals surface area contributed by atoms with E-state index in [1.54, 1.807) is 48.5 Å². The van der Waals surface area contributed by atoms with Gasteiger partial charge in [0, 0.05) is 21.3 Å². The highest BCUT2D eigenvalue weighted by atomic mass is 35.5. The molecule has 9 nitrogen and oxygen atoms in total. The Bertz CT molecular complexity index is 1330. The molecule has 1 saturated heterocycles. The summed E-state index contributed by atoms with van der Waals surface area (Å²) < 4.78 is 0. The van der Waals surface area contributed by atoms with Crippen LogP contribution in [0.5, 0.6) is 5.75 Å². The molecule has 0 bridgehead atoms. The number of nitrogens with zero attached hydrogens (tertiary/aromatic N) is 3. The van der Waals surface area contributed by atoms with E-state index in [2.05, 4.69) is 21.0 Å². The van der Waals surface area contributed by atoms with Crippen molar-refractivity contribution in [2.45, 2.75) is 17.8 Å². The number of phenols is 1. The first-order valence-corrected chi connectivity index (χ1v) is 11.7. The maximum Gasteiger partial charge on any atom is 0.262 e. The molecule has 0 aliphatic carbocycles. The number of phenolic OH excluding ortho intramolecular Hbond substituents is 1. The number of azo groups is 1. The van der Waals surface area contributed by atoms with Gasteiger partial charge in [-0.15, -0.1) is 11.6 Å². The van der Waals surface area contributed by atoms with Crippen molar-refractivity contribution in [1.29, 1.82) is 0 Å². The third kappa shape index (κ3) is 5.93. The minimum atomic E-state index is -1.04. The number of benzene rings is 3. The first kappa shape index (κ1) is 25.4. The molecule has 0 spiro atoms. The summed E-state index contributed by atoms with van der Waals surface area (Å²) in [6.07, 6.45) is -0.548. The number of β-lactam (4-membered cyclic amide) rings is 1. The van der Waals surface area contributed by atoms with Crippen molar-refractivity contribution < 1.29 is 19.5 Å². The number of anilines is 1. The van der Waals surface area contributed by atoms with Gasteiger partial charge in [-0.25, -0.2) is 5.01 Å². The predicted octanol–water partition coefficient (Wildman–Crippen LogP) is 5.67. The standard InChI is InChI=1S/C24H18Cl3N5O4/c25-13-1-5-15(6-2-13)28-20(34)12-21(35)31-32-23(22(27)24(32)36)18-11-17(9-10-19(18)33)30-29-16-7-3-14(26)4-8-16/h1-11,22-23,33H,12H2,(H,28,34)(H,31,35). The number of carbonyl (C=O) groups is 3. The second-order valence-electron chi connectivity index (χ2n) is 7.74. The molecule has 184 valence electrons. The molecule has 3 N–H and O–H groups in total. The lowest BCUT2D eigenvalue weighted by molar-refractivity contribution is -0.157. The van der Waals surface area contributed by atoms with Gasteiger partial charge in [0.2, 0.25) is 11.8 Å². The number of halogens is 3. The normalized spacial score (nSPS) is 17.1. The predicted molar refractivity (Wildman–Crippen MR) is 136 cm³/mol. The third-order valence-electron chi connectivity index (χ3n) is 5.16. The van der Waals surface area contributed by atoms with E-state index in [-0.39, 0.29) is 11.3 Å². The Morgan fingerprint density at radius 1 is 0.889 bits per heavy atom. The van der Waals surface area contributed by atoms with E-state index in [1.165, 1.54) is 18.2 Å². The minimum Gasteiger partial charge on any atom is -0.508 e. The van der Waals surface area contributed by atoms with Gasteiger partial charge in [0.05, 0.1) is 11.4 Å². The van der Waals surface area contributed by atoms with Gasteiger partial charge in [0.15, 0.2) is 0 Å². The summed E-state index contributed by atoms with van der Waals surface area (Å²) in [5.74, 6) is -2.06. The Kier molecular flexibility index (Phi) is 7.73. The van der Waals surface area contributed by atoms with Crippen LogP contribution in [0.25, 0.3) is 0 Å². The maximum absolute atomic E-state index is 12.4. The molecule has 0 radical (unpaired) electrons. The monoisotopic (exact) mass is 545 g/mol. The molecule has 1 heterocycles. The van der Waals surface area contributed by atoms with E-state index in [1.807, 2.05) is 0 Å². The van der Waals surface area contributed by atoms with E-state index < -0.39 is 35.6 Å². The van der Waals surface area contributed by atoms with Crippen LogP contribution in [0.3, 0.4) is 0 Å². The number of hydrogen-bond acceptors (Lipinski definition) is 6. The molecular weight excluding hydrogens is 529 g/mol. The Hall–Kier alpha value is -3.66. The van der Waals surface area contributed by atoms with Crippen LogP contribution < -0.4 is 10.7 Å². The fraction of sp³-hybridized carbons (Fsp3) is 0.125. The largest absolute Gasteiger partial charge is 0.508 e. The molecule has 3 amide bonds. The van der Waals surface area contributed by atoms with E-state index in [0.717, 1.165) is 5.01 Å². The highest BCUT2D eigenvalue weighted by Crippen LogP contribution is 2.42. The quantitative estimate of drug-likeness (QED) is 0.153. The van der Waals surface area contributed by atoms with Crippen LogP contribution in [0.15, 0.2) is 77.0 Å². The molecule has 1 aliphatic rings. The topological polar surface area (TPSA) is 123 Å². The molecule has 3 aromatic rings. The molecular formula is C24H18Cl3N5O4. The molecule has 12 heteroatoms. The molecule has 3 aromatic carbocycles. The number of carbonyl (C=O) groups excluding carboxylic acids is 3. The summed E-state index contributed by atoms with van der Waals surface area (Å²) in [4.78, 5) is 37.0. The Balaban J connectivity index is 1.43. The van der Waals surface area contributed by atoms with Crippen LogP contribution in [0.1, 0.15) is 18.0 Å². The van der Waals surface area contributed by atoms with Gasteiger partial charge in [-0.3, -0.25) is 19.8 Å². The van der Waals surface area contributed by atoms with Crippen LogP contribution in [0.2, 0.25) is 10.0 Å². The zero-order chi connectivity index (χ0) is 25.8. The number of aromatic hydroxyl groups is 1. The van der Waals surface area contributed by atoms with E-state index >= 15 is 0 Å². The van der Waals surface area contributed by atoms with Crippen LogP contribution in [-0.4, -0.2) is 33.2 Å². The summed E-state index contributed by atoms with van der Waals surface area (Å²) in [5.41, 5.74) is 4.05. The number of hydrogen-bond donors (Lipinski definition) is 3. The minimum absolute atomic E-state index is 0.150. The molecule has 2 unspecified atom stereocenters.